The minimum Gasteiger partial charge on any atom is -0.756 e. The molecule has 118 valence electrons. The highest BCUT2D eigenvalue weighted by molar-refractivity contribution is 7.45. The molecular formula is C12H24NO6P. The lowest BCUT2D eigenvalue weighted by molar-refractivity contribution is -0.870. The van der Waals surface area contributed by atoms with Crippen LogP contribution in [0.5, 0.6) is 0 Å². The highest BCUT2D eigenvalue weighted by Gasteiger charge is 2.18. The van der Waals surface area contributed by atoms with Crippen molar-refractivity contribution in [2.24, 2.45) is 0 Å². The van der Waals surface area contributed by atoms with Crippen molar-refractivity contribution >= 4 is 13.8 Å². The first kappa shape index (κ1) is 19.3. The van der Waals surface area contributed by atoms with Gasteiger partial charge in [-0.3, -0.25) is 4.57 Å². The smallest absolute Gasteiger partial charge is 0.333 e. The summed E-state index contributed by atoms with van der Waals surface area (Å²) in [5.41, 5.74) is 0.238. The first-order chi connectivity index (χ1) is 8.93. The summed E-state index contributed by atoms with van der Waals surface area (Å²) in [5.74, 6) is -0.591. The molecule has 0 radical (unpaired) electrons. The van der Waals surface area contributed by atoms with Gasteiger partial charge < -0.3 is 23.2 Å². The number of carbonyl (C=O) groups is 1. The molecule has 0 aliphatic heterocycles. The Kier molecular flexibility index (Phi) is 7.62. The van der Waals surface area contributed by atoms with Crippen LogP contribution in [-0.4, -0.2) is 57.5 Å². The number of quaternary nitrogens is 1. The molecule has 0 fully saturated rings. The molecule has 0 heterocycles. The number of esters is 1. The molecule has 0 N–H and O–H groups in total. The summed E-state index contributed by atoms with van der Waals surface area (Å²) in [6.45, 7) is 6.75. The lowest BCUT2D eigenvalue weighted by Gasteiger charge is -2.28. The third-order valence-electron chi connectivity index (χ3n) is 2.12. The van der Waals surface area contributed by atoms with Crippen LogP contribution in [0.2, 0.25) is 0 Å². The number of likely N-dealkylation sites (N-methyl/N-ethyl adjacent to an activating group) is 1. The van der Waals surface area contributed by atoms with Crippen molar-refractivity contribution in [2.45, 2.75) is 20.0 Å². The van der Waals surface area contributed by atoms with Crippen LogP contribution in [-0.2, 0) is 23.1 Å². The standard InChI is InChI=1S/C12H24NO6P/c1-10(2)12(14)17-9-11(3)19-20(15,16)18-8-7-13(4,5)6/h11H,1,7-9H2,2-6H3. The van der Waals surface area contributed by atoms with E-state index in [0.717, 1.165) is 0 Å². The Morgan fingerprint density at radius 3 is 2.40 bits per heavy atom. The molecule has 0 aliphatic rings. The van der Waals surface area contributed by atoms with Crippen molar-refractivity contribution in [3.05, 3.63) is 12.2 Å². The van der Waals surface area contributed by atoms with Gasteiger partial charge in [0.25, 0.3) is 7.82 Å². The second kappa shape index (κ2) is 7.90. The van der Waals surface area contributed by atoms with Gasteiger partial charge in [-0.25, -0.2) is 4.79 Å². The predicted octanol–water partition coefficient (Wildman–Crippen LogP) is 0.702. The number of nitrogens with zero attached hydrogens (tertiary/aromatic N) is 1. The normalized spacial score (nSPS) is 16.3. The number of hydrogen-bond acceptors (Lipinski definition) is 6. The Labute approximate surface area is 120 Å². The van der Waals surface area contributed by atoms with Crippen LogP contribution in [0.1, 0.15) is 13.8 Å². The Balaban J connectivity index is 4.09. The lowest BCUT2D eigenvalue weighted by Crippen LogP contribution is -2.37. The molecule has 2 unspecified atom stereocenters. The summed E-state index contributed by atoms with van der Waals surface area (Å²) in [7, 11) is 1.36. The fraction of sp³-hybridized carbons (Fsp3) is 0.750. The maximum Gasteiger partial charge on any atom is 0.333 e. The molecule has 0 aromatic carbocycles. The fourth-order valence-electron chi connectivity index (χ4n) is 1.02. The van der Waals surface area contributed by atoms with Gasteiger partial charge in [0.2, 0.25) is 0 Å². The third-order valence-corrected chi connectivity index (χ3v) is 3.24. The van der Waals surface area contributed by atoms with Crippen LogP contribution in [0.15, 0.2) is 12.2 Å². The minimum absolute atomic E-state index is 0.0303. The summed E-state index contributed by atoms with van der Waals surface area (Å²) < 4.78 is 26.4. The second-order valence-electron chi connectivity index (χ2n) is 5.59. The SMILES string of the molecule is C=C(C)C(=O)OCC(C)OP(=O)([O-])OCC[N+](C)(C)C. The van der Waals surface area contributed by atoms with Crippen LogP contribution < -0.4 is 4.89 Å². The highest BCUT2D eigenvalue weighted by atomic mass is 31.2. The largest absolute Gasteiger partial charge is 0.756 e. The Bertz CT molecular complexity index is 390. The van der Waals surface area contributed by atoms with Crippen molar-refractivity contribution in [1.82, 2.24) is 0 Å². The Hall–Kier alpha value is -0.720. The summed E-state index contributed by atoms with van der Waals surface area (Å²) in [4.78, 5) is 22.7. The summed E-state index contributed by atoms with van der Waals surface area (Å²) in [6, 6.07) is 0. The maximum absolute atomic E-state index is 11.5. The number of rotatable bonds is 9. The molecule has 0 aliphatic carbocycles. The van der Waals surface area contributed by atoms with Crippen LogP contribution >= 0.6 is 7.82 Å². The van der Waals surface area contributed by atoms with E-state index in [1.165, 1.54) is 13.8 Å². The number of phosphoric acid groups is 1. The van der Waals surface area contributed by atoms with Gasteiger partial charge in [-0.2, -0.15) is 0 Å². The number of hydrogen-bond donors (Lipinski definition) is 0. The predicted molar refractivity (Wildman–Crippen MR) is 72.8 cm³/mol. The molecule has 0 amide bonds. The van der Waals surface area contributed by atoms with Gasteiger partial charge in [-0.15, -0.1) is 0 Å². The summed E-state index contributed by atoms with van der Waals surface area (Å²) >= 11 is 0. The van der Waals surface area contributed by atoms with E-state index in [1.807, 2.05) is 21.1 Å². The molecule has 0 saturated heterocycles. The average molecular weight is 309 g/mol. The van der Waals surface area contributed by atoms with Gasteiger partial charge >= 0.3 is 5.97 Å². The van der Waals surface area contributed by atoms with Gasteiger partial charge in [-0.1, -0.05) is 6.58 Å². The van der Waals surface area contributed by atoms with E-state index in [2.05, 4.69) is 6.58 Å². The summed E-state index contributed by atoms with van der Waals surface area (Å²) in [6.07, 6.45) is -0.814. The van der Waals surface area contributed by atoms with Gasteiger partial charge in [0.15, 0.2) is 0 Å². The molecule has 0 saturated carbocycles. The van der Waals surface area contributed by atoms with Crippen molar-refractivity contribution in [1.29, 1.82) is 0 Å². The van der Waals surface area contributed by atoms with Crippen LogP contribution in [0.4, 0.5) is 0 Å². The monoisotopic (exact) mass is 309 g/mol. The zero-order valence-electron chi connectivity index (χ0n) is 12.7. The van der Waals surface area contributed by atoms with Crippen LogP contribution in [0, 0.1) is 0 Å². The Morgan fingerprint density at radius 2 is 1.95 bits per heavy atom. The van der Waals surface area contributed by atoms with Crippen LogP contribution in [0.3, 0.4) is 0 Å². The van der Waals surface area contributed by atoms with Crippen molar-refractivity contribution in [3.8, 4) is 0 Å². The van der Waals surface area contributed by atoms with E-state index >= 15 is 0 Å². The molecule has 7 nitrogen and oxygen atoms in total. The number of phosphoric ester groups is 1. The van der Waals surface area contributed by atoms with Gasteiger partial charge in [0, 0.05) is 5.57 Å². The quantitative estimate of drug-likeness (QED) is 0.270. The van der Waals surface area contributed by atoms with Gasteiger partial charge in [0.1, 0.15) is 19.8 Å². The molecule has 2 atom stereocenters. The molecule has 0 aromatic rings. The Morgan fingerprint density at radius 1 is 1.40 bits per heavy atom. The van der Waals surface area contributed by atoms with Crippen molar-refractivity contribution < 1.29 is 32.5 Å². The second-order valence-corrected chi connectivity index (χ2v) is 6.95. The zero-order chi connectivity index (χ0) is 16.0. The molecule has 0 aromatic heterocycles. The molecule has 0 spiro atoms. The molecule has 8 heteroatoms. The third kappa shape index (κ3) is 10.1. The molecule has 20 heavy (non-hydrogen) atoms. The van der Waals surface area contributed by atoms with Gasteiger partial charge in [0.05, 0.1) is 27.2 Å². The minimum atomic E-state index is -4.39. The van der Waals surface area contributed by atoms with E-state index < -0.39 is 19.9 Å². The van der Waals surface area contributed by atoms with E-state index in [9.17, 15) is 14.3 Å². The summed E-state index contributed by atoms with van der Waals surface area (Å²) in [5, 5.41) is 0. The zero-order valence-corrected chi connectivity index (χ0v) is 13.6. The first-order valence-electron chi connectivity index (χ1n) is 6.20. The fourth-order valence-corrected chi connectivity index (χ4v) is 1.89. The molecule has 0 rings (SSSR count). The first-order valence-corrected chi connectivity index (χ1v) is 7.66. The average Bonchev–Trinajstić information content (AvgIpc) is 2.22. The van der Waals surface area contributed by atoms with Crippen molar-refractivity contribution in [2.75, 3.05) is 40.9 Å². The maximum atomic E-state index is 11.5. The highest BCUT2D eigenvalue weighted by Crippen LogP contribution is 2.39. The van der Waals surface area contributed by atoms with E-state index in [1.54, 1.807) is 0 Å². The molecule has 0 bridgehead atoms. The van der Waals surface area contributed by atoms with Gasteiger partial charge in [-0.05, 0) is 13.8 Å². The molecular weight excluding hydrogens is 285 g/mol. The van der Waals surface area contributed by atoms with Crippen molar-refractivity contribution in [3.63, 3.8) is 0 Å². The number of carbonyl (C=O) groups excluding carboxylic acids is 1. The van der Waals surface area contributed by atoms with E-state index in [4.69, 9.17) is 13.8 Å². The van der Waals surface area contributed by atoms with Crippen LogP contribution in [0.25, 0.3) is 0 Å². The van der Waals surface area contributed by atoms with E-state index in [-0.39, 0.29) is 18.8 Å². The van der Waals surface area contributed by atoms with E-state index in [0.29, 0.717) is 11.0 Å². The lowest BCUT2D eigenvalue weighted by atomic mass is 10.3. The topological polar surface area (TPSA) is 84.9 Å². The number of ether oxygens (including phenoxy) is 1.